The molecule has 0 unspecified atom stereocenters. The summed E-state index contributed by atoms with van der Waals surface area (Å²) in [7, 11) is -3.75. The Bertz CT molecular complexity index is 698. The lowest BCUT2D eigenvalue weighted by molar-refractivity contribution is -0.132. The average Bonchev–Trinajstić information content (AvgIpc) is 2.77. The molecule has 1 aromatic carbocycles. The van der Waals surface area contributed by atoms with Crippen molar-refractivity contribution in [3.05, 3.63) is 48.2 Å². The SMILES string of the molecule is CC(=O)Oc1cccn1S(=O)(=O)c1ccc(C)cc1. The normalized spacial score (nSPS) is 11.3. The molecular formula is C13H13NO4S. The highest BCUT2D eigenvalue weighted by Gasteiger charge is 2.20. The fraction of sp³-hybridized carbons (Fsp3) is 0.154. The number of esters is 1. The first-order valence-corrected chi connectivity index (χ1v) is 7.03. The molecule has 1 heterocycles. The Morgan fingerprint density at radius 3 is 2.37 bits per heavy atom. The molecular weight excluding hydrogens is 266 g/mol. The van der Waals surface area contributed by atoms with Gasteiger partial charge in [0.25, 0.3) is 10.0 Å². The zero-order valence-corrected chi connectivity index (χ0v) is 11.3. The van der Waals surface area contributed by atoms with E-state index in [2.05, 4.69) is 0 Å². The second-order valence-electron chi connectivity index (χ2n) is 4.05. The number of benzene rings is 1. The lowest BCUT2D eigenvalue weighted by Crippen LogP contribution is -2.15. The van der Waals surface area contributed by atoms with Crippen LogP contribution in [0.2, 0.25) is 0 Å². The molecule has 0 saturated heterocycles. The first-order valence-electron chi connectivity index (χ1n) is 5.59. The molecule has 0 aliphatic carbocycles. The van der Waals surface area contributed by atoms with Gasteiger partial charge in [0.2, 0.25) is 5.88 Å². The molecule has 0 N–H and O–H groups in total. The Kier molecular flexibility index (Phi) is 3.44. The van der Waals surface area contributed by atoms with Gasteiger partial charge in [-0.15, -0.1) is 0 Å². The summed E-state index contributed by atoms with van der Waals surface area (Å²) in [5.74, 6) is -0.591. The van der Waals surface area contributed by atoms with Gasteiger partial charge in [0.1, 0.15) is 0 Å². The van der Waals surface area contributed by atoms with Crippen molar-refractivity contribution in [1.29, 1.82) is 0 Å². The van der Waals surface area contributed by atoms with Gasteiger partial charge in [0, 0.05) is 19.2 Å². The molecule has 0 spiro atoms. The van der Waals surface area contributed by atoms with Crippen molar-refractivity contribution in [2.45, 2.75) is 18.7 Å². The summed E-state index contributed by atoms with van der Waals surface area (Å²) in [6.07, 6.45) is 1.34. The summed E-state index contributed by atoms with van der Waals surface area (Å²) in [6.45, 7) is 3.09. The Morgan fingerprint density at radius 2 is 1.79 bits per heavy atom. The summed E-state index contributed by atoms with van der Waals surface area (Å²) in [6, 6.07) is 9.38. The lowest BCUT2D eigenvalue weighted by Gasteiger charge is -2.09. The quantitative estimate of drug-likeness (QED) is 0.806. The van der Waals surface area contributed by atoms with Crippen LogP contribution in [0.5, 0.6) is 5.88 Å². The van der Waals surface area contributed by atoms with E-state index < -0.39 is 16.0 Å². The maximum absolute atomic E-state index is 12.4. The highest BCUT2D eigenvalue weighted by Crippen LogP contribution is 2.21. The Hall–Kier alpha value is -2.08. The molecule has 0 atom stereocenters. The van der Waals surface area contributed by atoms with Crippen LogP contribution in [0.15, 0.2) is 47.5 Å². The van der Waals surface area contributed by atoms with Crippen molar-refractivity contribution in [3.63, 3.8) is 0 Å². The zero-order valence-electron chi connectivity index (χ0n) is 10.5. The van der Waals surface area contributed by atoms with E-state index in [4.69, 9.17) is 4.74 Å². The number of nitrogens with zero attached hydrogens (tertiary/aromatic N) is 1. The maximum Gasteiger partial charge on any atom is 0.309 e. The van der Waals surface area contributed by atoms with E-state index in [1.165, 1.54) is 37.4 Å². The van der Waals surface area contributed by atoms with Gasteiger partial charge in [-0.3, -0.25) is 4.79 Å². The number of carbonyl (C=O) groups excluding carboxylic acids is 1. The van der Waals surface area contributed by atoms with E-state index in [1.54, 1.807) is 12.1 Å². The van der Waals surface area contributed by atoms with Crippen LogP contribution in [0.4, 0.5) is 0 Å². The molecule has 1 aromatic heterocycles. The van der Waals surface area contributed by atoms with E-state index in [-0.39, 0.29) is 10.8 Å². The Labute approximate surface area is 111 Å². The molecule has 0 radical (unpaired) electrons. The number of hydrogen-bond acceptors (Lipinski definition) is 4. The van der Waals surface area contributed by atoms with Gasteiger partial charge in [0.15, 0.2) is 0 Å². The molecule has 0 bridgehead atoms. The predicted octanol–water partition coefficient (Wildman–Crippen LogP) is 1.96. The highest BCUT2D eigenvalue weighted by atomic mass is 32.2. The molecule has 0 saturated carbocycles. The number of rotatable bonds is 3. The molecule has 0 amide bonds. The monoisotopic (exact) mass is 279 g/mol. The number of hydrogen-bond donors (Lipinski definition) is 0. The molecule has 6 heteroatoms. The predicted molar refractivity (Wildman–Crippen MR) is 69.5 cm³/mol. The highest BCUT2D eigenvalue weighted by molar-refractivity contribution is 7.90. The third-order valence-corrected chi connectivity index (χ3v) is 4.19. The van der Waals surface area contributed by atoms with Gasteiger partial charge in [-0.05, 0) is 25.1 Å². The standard InChI is InChI=1S/C13H13NO4S/c1-10-5-7-12(8-6-10)19(16,17)14-9-3-4-13(14)18-11(2)15/h3-9H,1-2H3. The van der Waals surface area contributed by atoms with Crippen LogP contribution in [0.3, 0.4) is 0 Å². The Balaban J connectivity index is 2.48. The van der Waals surface area contributed by atoms with E-state index >= 15 is 0 Å². The van der Waals surface area contributed by atoms with Gasteiger partial charge in [-0.1, -0.05) is 17.7 Å². The lowest BCUT2D eigenvalue weighted by atomic mass is 10.2. The third kappa shape index (κ3) is 2.68. The van der Waals surface area contributed by atoms with Crippen LogP contribution in [0.1, 0.15) is 12.5 Å². The van der Waals surface area contributed by atoms with Crippen LogP contribution in [0, 0.1) is 6.92 Å². The maximum atomic E-state index is 12.4. The topological polar surface area (TPSA) is 65.4 Å². The summed E-state index contributed by atoms with van der Waals surface area (Å²) in [4.78, 5) is 11.1. The van der Waals surface area contributed by atoms with Crippen LogP contribution < -0.4 is 4.74 Å². The number of aryl methyl sites for hydroxylation is 1. The molecule has 2 aromatic rings. The van der Waals surface area contributed by atoms with Crippen molar-refractivity contribution in [3.8, 4) is 5.88 Å². The van der Waals surface area contributed by atoms with Gasteiger partial charge < -0.3 is 4.74 Å². The molecule has 0 fully saturated rings. The molecule has 100 valence electrons. The smallest absolute Gasteiger partial charge is 0.309 e. The van der Waals surface area contributed by atoms with Crippen LogP contribution in [-0.4, -0.2) is 18.4 Å². The average molecular weight is 279 g/mol. The third-order valence-electron chi connectivity index (χ3n) is 2.50. The largest absolute Gasteiger partial charge is 0.408 e. The van der Waals surface area contributed by atoms with Gasteiger partial charge in [0.05, 0.1) is 4.90 Å². The molecule has 0 aliphatic rings. The van der Waals surface area contributed by atoms with Crippen molar-refractivity contribution >= 4 is 16.0 Å². The molecule has 19 heavy (non-hydrogen) atoms. The van der Waals surface area contributed by atoms with Crippen molar-refractivity contribution in [2.24, 2.45) is 0 Å². The fourth-order valence-electron chi connectivity index (χ4n) is 1.60. The number of carbonyl (C=O) groups is 1. The molecule has 5 nitrogen and oxygen atoms in total. The zero-order chi connectivity index (χ0) is 14.0. The van der Waals surface area contributed by atoms with Gasteiger partial charge in [-0.2, -0.15) is 0 Å². The second kappa shape index (κ2) is 4.89. The van der Waals surface area contributed by atoms with Crippen molar-refractivity contribution in [1.82, 2.24) is 3.97 Å². The second-order valence-corrected chi connectivity index (χ2v) is 5.87. The first kappa shape index (κ1) is 13.4. The summed E-state index contributed by atoms with van der Waals surface area (Å²) in [5, 5.41) is 0. The van der Waals surface area contributed by atoms with Crippen LogP contribution in [-0.2, 0) is 14.8 Å². The number of ether oxygens (including phenoxy) is 1. The minimum atomic E-state index is -3.75. The first-order chi connectivity index (χ1) is 8.91. The Morgan fingerprint density at radius 1 is 1.16 bits per heavy atom. The van der Waals surface area contributed by atoms with Gasteiger partial charge >= 0.3 is 5.97 Å². The molecule has 2 rings (SSSR count). The summed E-state index contributed by atoms with van der Waals surface area (Å²) >= 11 is 0. The minimum absolute atomic E-state index is 0.0203. The summed E-state index contributed by atoms with van der Waals surface area (Å²) < 4.78 is 30.6. The van der Waals surface area contributed by atoms with Crippen molar-refractivity contribution < 1.29 is 17.9 Å². The van der Waals surface area contributed by atoms with E-state index in [0.717, 1.165) is 9.54 Å². The van der Waals surface area contributed by atoms with E-state index in [9.17, 15) is 13.2 Å². The van der Waals surface area contributed by atoms with E-state index in [0.29, 0.717) is 0 Å². The van der Waals surface area contributed by atoms with Crippen LogP contribution in [0.25, 0.3) is 0 Å². The van der Waals surface area contributed by atoms with Gasteiger partial charge in [-0.25, -0.2) is 12.4 Å². The fourth-order valence-corrected chi connectivity index (χ4v) is 2.87. The van der Waals surface area contributed by atoms with E-state index in [1.807, 2.05) is 6.92 Å². The van der Waals surface area contributed by atoms with Crippen LogP contribution >= 0.6 is 0 Å². The van der Waals surface area contributed by atoms with Crippen molar-refractivity contribution in [2.75, 3.05) is 0 Å². The summed E-state index contributed by atoms with van der Waals surface area (Å²) in [5.41, 5.74) is 0.965. The minimum Gasteiger partial charge on any atom is -0.408 e. The molecule has 0 aliphatic heterocycles. The number of aromatic nitrogens is 1.